The third kappa shape index (κ3) is 5.24. The monoisotopic (exact) mass is 283 g/mol. The van der Waals surface area contributed by atoms with Crippen LogP contribution in [0.3, 0.4) is 0 Å². The van der Waals surface area contributed by atoms with Crippen molar-refractivity contribution in [1.82, 2.24) is 5.32 Å². The van der Waals surface area contributed by atoms with Crippen molar-refractivity contribution in [3.05, 3.63) is 54.6 Å². The summed E-state index contributed by atoms with van der Waals surface area (Å²) in [5.41, 5.74) is 2.56. The molecule has 0 aliphatic heterocycles. The SMILES string of the molecule is CC(CNC(C)(C)C)Oc1ccc(-c2ccccc2)cc1. The van der Waals surface area contributed by atoms with E-state index in [-0.39, 0.29) is 11.6 Å². The summed E-state index contributed by atoms with van der Waals surface area (Å²) in [6.07, 6.45) is 0.145. The van der Waals surface area contributed by atoms with E-state index in [0.29, 0.717) is 0 Å². The van der Waals surface area contributed by atoms with Gasteiger partial charge in [0.15, 0.2) is 0 Å². The van der Waals surface area contributed by atoms with Gasteiger partial charge in [-0.1, -0.05) is 42.5 Å². The Morgan fingerprint density at radius 3 is 2.05 bits per heavy atom. The largest absolute Gasteiger partial charge is 0.489 e. The zero-order valence-corrected chi connectivity index (χ0v) is 13.4. The molecule has 0 bridgehead atoms. The fraction of sp³-hybridized carbons (Fsp3) is 0.368. The topological polar surface area (TPSA) is 21.3 Å². The van der Waals surface area contributed by atoms with Crippen molar-refractivity contribution in [3.63, 3.8) is 0 Å². The second kappa shape index (κ2) is 6.77. The highest BCUT2D eigenvalue weighted by Gasteiger charge is 2.11. The summed E-state index contributed by atoms with van der Waals surface area (Å²) in [5, 5.41) is 3.45. The Bertz CT molecular complexity index is 540. The van der Waals surface area contributed by atoms with Gasteiger partial charge >= 0.3 is 0 Å². The molecule has 0 aliphatic rings. The first-order valence-corrected chi connectivity index (χ1v) is 7.51. The van der Waals surface area contributed by atoms with Gasteiger partial charge < -0.3 is 10.1 Å². The van der Waals surface area contributed by atoms with Gasteiger partial charge in [-0.25, -0.2) is 0 Å². The van der Waals surface area contributed by atoms with E-state index in [9.17, 15) is 0 Å². The van der Waals surface area contributed by atoms with E-state index in [1.165, 1.54) is 11.1 Å². The number of benzene rings is 2. The minimum atomic E-state index is 0.120. The van der Waals surface area contributed by atoms with E-state index >= 15 is 0 Å². The lowest BCUT2D eigenvalue weighted by atomic mass is 10.1. The van der Waals surface area contributed by atoms with Crippen LogP contribution in [-0.4, -0.2) is 18.2 Å². The molecule has 1 N–H and O–H groups in total. The quantitative estimate of drug-likeness (QED) is 0.871. The molecule has 1 atom stereocenters. The zero-order valence-electron chi connectivity index (χ0n) is 13.4. The molecule has 2 aromatic carbocycles. The van der Waals surface area contributed by atoms with Crippen LogP contribution in [0.2, 0.25) is 0 Å². The molecule has 0 saturated carbocycles. The van der Waals surface area contributed by atoms with Crippen molar-refractivity contribution in [3.8, 4) is 16.9 Å². The van der Waals surface area contributed by atoms with Crippen LogP contribution in [-0.2, 0) is 0 Å². The van der Waals surface area contributed by atoms with Gasteiger partial charge in [-0.3, -0.25) is 0 Å². The van der Waals surface area contributed by atoms with Crippen LogP contribution < -0.4 is 10.1 Å². The molecule has 0 aliphatic carbocycles. The van der Waals surface area contributed by atoms with Gasteiger partial charge in [-0.05, 0) is 51.0 Å². The maximum Gasteiger partial charge on any atom is 0.119 e. The smallest absolute Gasteiger partial charge is 0.119 e. The maximum atomic E-state index is 5.94. The summed E-state index contributed by atoms with van der Waals surface area (Å²) < 4.78 is 5.94. The Kier molecular flexibility index (Phi) is 5.03. The number of rotatable bonds is 5. The normalized spacial score (nSPS) is 13.0. The van der Waals surface area contributed by atoms with Gasteiger partial charge in [-0.15, -0.1) is 0 Å². The highest BCUT2D eigenvalue weighted by molar-refractivity contribution is 5.63. The zero-order chi connectivity index (χ0) is 15.3. The number of nitrogens with one attached hydrogen (secondary N) is 1. The van der Waals surface area contributed by atoms with Crippen LogP contribution in [0.4, 0.5) is 0 Å². The van der Waals surface area contributed by atoms with Gasteiger partial charge in [0.25, 0.3) is 0 Å². The highest BCUT2D eigenvalue weighted by atomic mass is 16.5. The molecular formula is C19H25NO. The number of ether oxygens (including phenoxy) is 1. The van der Waals surface area contributed by atoms with E-state index in [1.54, 1.807) is 0 Å². The molecule has 1 unspecified atom stereocenters. The van der Waals surface area contributed by atoms with E-state index in [1.807, 2.05) is 18.2 Å². The lowest BCUT2D eigenvalue weighted by Crippen LogP contribution is -2.41. The van der Waals surface area contributed by atoms with E-state index in [4.69, 9.17) is 4.74 Å². The van der Waals surface area contributed by atoms with Crippen molar-refractivity contribution in [2.45, 2.75) is 39.3 Å². The summed E-state index contributed by atoms with van der Waals surface area (Å²) in [4.78, 5) is 0. The van der Waals surface area contributed by atoms with Crippen molar-refractivity contribution < 1.29 is 4.74 Å². The molecule has 2 heteroatoms. The molecule has 112 valence electrons. The van der Waals surface area contributed by atoms with Gasteiger partial charge in [0.2, 0.25) is 0 Å². The number of hydrogen-bond donors (Lipinski definition) is 1. The van der Waals surface area contributed by atoms with Crippen LogP contribution in [0.5, 0.6) is 5.75 Å². The lowest BCUT2D eigenvalue weighted by Gasteiger charge is -2.24. The standard InChI is InChI=1S/C19H25NO/c1-15(14-20-19(2,3)4)21-18-12-10-17(11-13-18)16-8-6-5-7-9-16/h5-13,15,20H,14H2,1-4H3. The van der Waals surface area contributed by atoms with Crippen LogP contribution in [0.25, 0.3) is 11.1 Å². The Hall–Kier alpha value is -1.80. The average molecular weight is 283 g/mol. The average Bonchev–Trinajstić information content (AvgIpc) is 2.46. The summed E-state index contributed by atoms with van der Waals surface area (Å²) in [6, 6.07) is 18.7. The van der Waals surface area contributed by atoms with E-state index in [0.717, 1.165) is 12.3 Å². The number of hydrogen-bond acceptors (Lipinski definition) is 2. The molecule has 0 amide bonds. The summed E-state index contributed by atoms with van der Waals surface area (Å²) >= 11 is 0. The van der Waals surface area contributed by atoms with Gasteiger partial charge in [-0.2, -0.15) is 0 Å². The van der Waals surface area contributed by atoms with Crippen molar-refractivity contribution >= 4 is 0 Å². The molecule has 0 radical (unpaired) electrons. The van der Waals surface area contributed by atoms with E-state index < -0.39 is 0 Å². The van der Waals surface area contributed by atoms with Crippen molar-refractivity contribution in [1.29, 1.82) is 0 Å². The Morgan fingerprint density at radius 2 is 1.48 bits per heavy atom. The first-order valence-electron chi connectivity index (χ1n) is 7.51. The fourth-order valence-corrected chi connectivity index (χ4v) is 2.08. The molecule has 0 fully saturated rings. The minimum Gasteiger partial charge on any atom is -0.489 e. The molecular weight excluding hydrogens is 258 g/mol. The Labute approximate surface area is 128 Å². The molecule has 0 spiro atoms. The van der Waals surface area contributed by atoms with Gasteiger partial charge in [0.05, 0.1) is 0 Å². The second-order valence-electron chi connectivity index (χ2n) is 6.45. The predicted octanol–water partition coefficient (Wildman–Crippen LogP) is 4.51. The van der Waals surface area contributed by atoms with Crippen molar-refractivity contribution in [2.24, 2.45) is 0 Å². The van der Waals surface area contributed by atoms with Crippen LogP contribution in [0, 0.1) is 0 Å². The van der Waals surface area contributed by atoms with Crippen LogP contribution in [0.15, 0.2) is 54.6 Å². The highest BCUT2D eigenvalue weighted by Crippen LogP contribution is 2.22. The predicted molar refractivity (Wildman–Crippen MR) is 89.7 cm³/mol. The minimum absolute atomic E-state index is 0.120. The summed E-state index contributed by atoms with van der Waals surface area (Å²) in [5.74, 6) is 0.915. The van der Waals surface area contributed by atoms with Crippen molar-refractivity contribution in [2.75, 3.05) is 6.54 Å². The van der Waals surface area contributed by atoms with Gasteiger partial charge in [0.1, 0.15) is 11.9 Å². The first kappa shape index (κ1) is 15.6. The first-order chi connectivity index (χ1) is 9.94. The van der Waals surface area contributed by atoms with Crippen LogP contribution in [0.1, 0.15) is 27.7 Å². The summed E-state index contributed by atoms with van der Waals surface area (Å²) in [6.45, 7) is 9.41. The van der Waals surface area contributed by atoms with Crippen LogP contribution >= 0.6 is 0 Å². The molecule has 2 rings (SSSR count). The fourth-order valence-electron chi connectivity index (χ4n) is 2.08. The molecule has 2 nitrogen and oxygen atoms in total. The Morgan fingerprint density at radius 1 is 0.905 bits per heavy atom. The van der Waals surface area contributed by atoms with E-state index in [2.05, 4.69) is 69.4 Å². The maximum absolute atomic E-state index is 5.94. The lowest BCUT2D eigenvalue weighted by molar-refractivity contribution is 0.203. The molecule has 0 saturated heterocycles. The third-order valence-electron chi connectivity index (χ3n) is 3.22. The second-order valence-corrected chi connectivity index (χ2v) is 6.45. The molecule has 2 aromatic rings. The molecule has 0 heterocycles. The Balaban J connectivity index is 1.94. The molecule has 0 aromatic heterocycles. The summed E-state index contributed by atoms with van der Waals surface area (Å²) in [7, 11) is 0. The molecule has 21 heavy (non-hydrogen) atoms. The third-order valence-corrected chi connectivity index (χ3v) is 3.22. The van der Waals surface area contributed by atoms with Gasteiger partial charge in [0, 0.05) is 12.1 Å².